The quantitative estimate of drug-likeness (QED) is 0.580. The zero-order chi connectivity index (χ0) is 20.6. The van der Waals surface area contributed by atoms with E-state index in [0.717, 1.165) is 39.6 Å². The number of hydrogen-bond acceptors (Lipinski definition) is 6. The molecule has 0 bridgehead atoms. The van der Waals surface area contributed by atoms with Crippen molar-refractivity contribution in [2.75, 3.05) is 13.1 Å². The summed E-state index contributed by atoms with van der Waals surface area (Å²) in [5.74, 6) is -0.196. The van der Waals surface area contributed by atoms with Crippen molar-refractivity contribution in [3.05, 3.63) is 41.3 Å². The lowest BCUT2D eigenvalue weighted by atomic mass is 9.98. The van der Waals surface area contributed by atoms with Crippen LogP contribution >= 0.6 is 15.9 Å². The highest BCUT2D eigenvalue weighted by Gasteiger charge is 2.29. The van der Waals surface area contributed by atoms with Crippen LogP contribution in [0.5, 0.6) is 0 Å². The molecule has 3 heterocycles. The van der Waals surface area contributed by atoms with Gasteiger partial charge in [0.25, 0.3) is 0 Å². The van der Waals surface area contributed by atoms with Crippen LogP contribution in [-0.4, -0.2) is 43.9 Å². The van der Waals surface area contributed by atoms with Gasteiger partial charge in [-0.15, -0.1) is 5.06 Å². The maximum Gasteiger partial charge on any atom is 0.330 e. The van der Waals surface area contributed by atoms with Gasteiger partial charge in [0.1, 0.15) is 5.52 Å². The van der Waals surface area contributed by atoms with Crippen LogP contribution in [-0.2, 0) is 9.63 Å². The van der Waals surface area contributed by atoms with E-state index in [4.69, 9.17) is 9.82 Å². The van der Waals surface area contributed by atoms with Gasteiger partial charge in [0.05, 0.1) is 35.1 Å². The van der Waals surface area contributed by atoms with E-state index in [1.165, 1.54) is 0 Å². The molecule has 1 fully saturated rings. The molecule has 0 atom stereocenters. The summed E-state index contributed by atoms with van der Waals surface area (Å²) in [6, 6.07) is 6.13. The van der Waals surface area contributed by atoms with Gasteiger partial charge in [0, 0.05) is 29.3 Å². The molecule has 1 aliphatic heterocycles. The molecular weight excluding hydrogens is 434 g/mol. The smallest absolute Gasteiger partial charge is 0.330 e. The third-order valence-corrected chi connectivity index (χ3v) is 5.68. The summed E-state index contributed by atoms with van der Waals surface area (Å²) in [5, 5.41) is 6.32. The first kappa shape index (κ1) is 20.0. The molecule has 29 heavy (non-hydrogen) atoms. The molecule has 1 aromatic carbocycles. The van der Waals surface area contributed by atoms with Crippen LogP contribution in [0.15, 0.2) is 41.3 Å². The van der Waals surface area contributed by atoms with E-state index in [9.17, 15) is 4.79 Å². The lowest BCUT2D eigenvalue weighted by molar-refractivity contribution is -0.205. The van der Waals surface area contributed by atoms with Crippen LogP contribution in [0, 0.1) is 5.41 Å². The lowest BCUT2D eigenvalue weighted by Gasteiger charge is -2.32. The van der Waals surface area contributed by atoms with E-state index in [1.807, 2.05) is 56.0 Å². The van der Waals surface area contributed by atoms with Gasteiger partial charge in [-0.1, -0.05) is 6.07 Å². The molecule has 0 spiro atoms. The van der Waals surface area contributed by atoms with Crippen molar-refractivity contribution in [1.82, 2.24) is 24.8 Å². The Balaban J connectivity index is 1.44. The Labute approximate surface area is 178 Å². The topological polar surface area (TPSA) is 73.1 Å². The largest absolute Gasteiger partial charge is 0.367 e. The molecule has 0 unspecified atom stereocenters. The number of carbonyl (C=O) groups is 1. The Morgan fingerprint density at radius 1 is 1.21 bits per heavy atom. The Morgan fingerprint density at radius 2 is 1.97 bits per heavy atom. The molecule has 3 aromatic rings. The summed E-state index contributed by atoms with van der Waals surface area (Å²) in [4.78, 5) is 26.8. The molecule has 1 saturated heterocycles. The Morgan fingerprint density at radius 3 is 2.69 bits per heavy atom. The van der Waals surface area contributed by atoms with Gasteiger partial charge in [-0.05, 0) is 61.7 Å². The minimum Gasteiger partial charge on any atom is -0.367 e. The summed E-state index contributed by atoms with van der Waals surface area (Å²) >= 11 is 3.54. The van der Waals surface area contributed by atoms with Crippen molar-refractivity contribution in [3.63, 3.8) is 0 Å². The number of para-hydroxylation sites is 1. The molecule has 1 aliphatic rings. The fourth-order valence-corrected chi connectivity index (χ4v) is 3.70. The van der Waals surface area contributed by atoms with E-state index in [1.54, 1.807) is 11.3 Å². The molecule has 7 nitrogen and oxygen atoms in total. The summed E-state index contributed by atoms with van der Waals surface area (Å²) in [6.45, 7) is 6.99. The first-order valence-electron chi connectivity index (χ1n) is 9.74. The minimum atomic E-state index is -0.496. The van der Waals surface area contributed by atoms with Gasteiger partial charge in [-0.25, -0.2) is 9.78 Å². The number of piperidine rings is 1. The second-order valence-corrected chi connectivity index (χ2v) is 9.22. The standard InChI is InChI=1S/C21H24BrN5O2/c1-21(2,3)20(28)29-26-9-7-15(8-10-26)27-13-14(11-24-27)18-12-23-17-6-4-5-16(22)19(17)25-18/h4-6,11-13,15H,7-10H2,1-3H3. The fourth-order valence-electron chi connectivity index (χ4n) is 3.26. The monoisotopic (exact) mass is 457 g/mol. The van der Waals surface area contributed by atoms with Gasteiger partial charge in [0.15, 0.2) is 0 Å². The van der Waals surface area contributed by atoms with Crippen LogP contribution < -0.4 is 0 Å². The summed E-state index contributed by atoms with van der Waals surface area (Å²) < 4.78 is 2.92. The summed E-state index contributed by atoms with van der Waals surface area (Å²) in [6.07, 6.45) is 7.37. The average Bonchev–Trinajstić information content (AvgIpc) is 3.18. The van der Waals surface area contributed by atoms with E-state index in [-0.39, 0.29) is 12.0 Å². The van der Waals surface area contributed by atoms with Crippen LogP contribution in [0.2, 0.25) is 0 Å². The Bertz CT molecular complexity index is 1030. The normalized spacial score (nSPS) is 16.3. The number of aromatic nitrogens is 4. The molecule has 0 aliphatic carbocycles. The molecule has 0 saturated carbocycles. The van der Waals surface area contributed by atoms with Gasteiger partial charge in [-0.3, -0.25) is 9.67 Å². The Kier molecular flexibility index (Phi) is 5.40. The maximum atomic E-state index is 12.1. The van der Waals surface area contributed by atoms with E-state index in [2.05, 4.69) is 26.0 Å². The van der Waals surface area contributed by atoms with Crippen LogP contribution in [0.3, 0.4) is 0 Å². The first-order chi connectivity index (χ1) is 13.8. The van der Waals surface area contributed by atoms with Crippen molar-refractivity contribution < 1.29 is 9.63 Å². The highest BCUT2D eigenvalue weighted by atomic mass is 79.9. The third kappa shape index (κ3) is 4.33. The number of benzene rings is 1. The van der Waals surface area contributed by atoms with Crippen molar-refractivity contribution in [2.45, 2.75) is 39.7 Å². The van der Waals surface area contributed by atoms with Crippen molar-refractivity contribution in [3.8, 4) is 11.3 Å². The average molecular weight is 458 g/mol. The zero-order valence-electron chi connectivity index (χ0n) is 16.8. The zero-order valence-corrected chi connectivity index (χ0v) is 18.4. The second kappa shape index (κ2) is 7.84. The van der Waals surface area contributed by atoms with Crippen molar-refractivity contribution in [1.29, 1.82) is 0 Å². The molecular formula is C21H24BrN5O2. The molecule has 0 amide bonds. The summed E-state index contributed by atoms with van der Waals surface area (Å²) in [5.41, 5.74) is 2.94. The van der Waals surface area contributed by atoms with Crippen LogP contribution in [0.4, 0.5) is 0 Å². The van der Waals surface area contributed by atoms with Gasteiger partial charge >= 0.3 is 5.97 Å². The lowest BCUT2D eigenvalue weighted by Crippen LogP contribution is -2.39. The number of nitrogens with zero attached hydrogens (tertiary/aromatic N) is 5. The molecule has 2 aromatic heterocycles. The molecule has 0 radical (unpaired) electrons. The SMILES string of the molecule is CC(C)(C)C(=O)ON1CCC(n2cc(-c3cnc4cccc(Br)c4n3)cn2)CC1. The van der Waals surface area contributed by atoms with Crippen molar-refractivity contribution in [2.24, 2.45) is 5.41 Å². The number of halogens is 1. The minimum absolute atomic E-state index is 0.196. The number of hydroxylamine groups is 2. The number of carbonyl (C=O) groups excluding carboxylic acids is 1. The fraction of sp³-hybridized carbons (Fsp3) is 0.429. The number of rotatable bonds is 3. The predicted octanol–water partition coefficient (Wildman–Crippen LogP) is 4.40. The van der Waals surface area contributed by atoms with Gasteiger partial charge < -0.3 is 4.84 Å². The highest BCUT2D eigenvalue weighted by molar-refractivity contribution is 9.10. The second-order valence-electron chi connectivity index (χ2n) is 8.36. The molecule has 8 heteroatoms. The third-order valence-electron chi connectivity index (χ3n) is 5.04. The highest BCUT2D eigenvalue weighted by Crippen LogP contribution is 2.27. The predicted molar refractivity (Wildman–Crippen MR) is 114 cm³/mol. The molecule has 0 N–H and O–H groups in total. The van der Waals surface area contributed by atoms with Gasteiger partial charge in [-0.2, -0.15) is 5.10 Å². The number of hydrogen-bond donors (Lipinski definition) is 0. The molecule has 4 rings (SSSR count). The van der Waals surface area contributed by atoms with E-state index < -0.39 is 5.41 Å². The number of fused-ring (bicyclic) bond motifs is 1. The first-order valence-corrected chi connectivity index (χ1v) is 10.5. The van der Waals surface area contributed by atoms with Crippen LogP contribution in [0.1, 0.15) is 39.7 Å². The van der Waals surface area contributed by atoms with E-state index in [0.29, 0.717) is 13.1 Å². The summed E-state index contributed by atoms with van der Waals surface area (Å²) in [7, 11) is 0. The van der Waals surface area contributed by atoms with Crippen molar-refractivity contribution >= 4 is 32.9 Å². The maximum absolute atomic E-state index is 12.1. The Hall–Kier alpha value is -2.32. The van der Waals surface area contributed by atoms with Crippen LogP contribution in [0.25, 0.3) is 22.3 Å². The van der Waals surface area contributed by atoms with E-state index >= 15 is 0 Å². The molecule has 152 valence electrons. The van der Waals surface area contributed by atoms with Gasteiger partial charge in [0.2, 0.25) is 0 Å².